The van der Waals surface area contributed by atoms with Gasteiger partial charge in [0.2, 0.25) is 11.8 Å². The summed E-state index contributed by atoms with van der Waals surface area (Å²) in [6.45, 7) is 0. The minimum absolute atomic E-state index is 0.0163. The second-order valence-corrected chi connectivity index (χ2v) is 4.94. The molecule has 1 amide bonds. The summed E-state index contributed by atoms with van der Waals surface area (Å²) in [6.07, 6.45) is 2.59. The van der Waals surface area contributed by atoms with Gasteiger partial charge in [0.05, 0.1) is 5.56 Å². The number of halogens is 1. The third-order valence-electron chi connectivity index (χ3n) is 3.16. The van der Waals surface area contributed by atoms with Crippen LogP contribution in [0.1, 0.15) is 17.5 Å². The van der Waals surface area contributed by atoms with E-state index in [-0.39, 0.29) is 16.8 Å². The average Bonchev–Trinajstić information content (AvgIpc) is 2.49. The van der Waals surface area contributed by atoms with Crippen molar-refractivity contribution in [2.75, 3.05) is 5.32 Å². The number of fused-ring (bicyclic) bond motifs is 1. The molecule has 5 nitrogen and oxygen atoms in total. The van der Waals surface area contributed by atoms with E-state index in [1.165, 1.54) is 12.3 Å². The summed E-state index contributed by atoms with van der Waals surface area (Å²) in [5.41, 5.74) is 2.11. The second kappa shape index (κ2) is 5.43. The van der Waals surface area contributed by atoms with E-state index in [1.807, 2.05) is 12.1 Å². The van der Waals surface area contributed by atoms with Crippen molar-refractivity contribution < 1.29 is 9.53 Å². The molecule has 0 saturated carbocycles. The van der Waals surface area contributed by atoms with Gasteiger partial charge in [0.25, 0.3) is 0 Å². The molecule has 0 bridgehead atoms. The summed E-state index contributed by atoms with van der Waals surface area (Å²) in [5, 5.41) is 11.9. The SMILES string of the molecule is N#Cc1ccnc(Oc2ccc3c(c2)CCC(=O)N3)c1Cl. The number of rotatable bonds is 2. The van der Waals surface area contributed by atoms with Crippen molar-refractivity contribution in [2.24, 2.45) is 0 Å². The van der Waals surface area contributed by atoms with Crippen molar-refractivity contribution in [1.82, 2.24) is 4.98 Å². The van der Waals surface area contributed by atoms with Crippen LogP contribution in [0.25, 0.3) is 0 Å². The highest BCUT2D eigenvalue weighted by atomic mass is 35.5. The molecule has 21 heavy (non-hydrogen) atoms. The lowest BCUT2D eigenvalue weighted by Crippen LogP contribution is -2.18. The zero-order valence-electron chi connectivity index (χ0n) is 10.9. The van der Waals surface area contributed by atoms with Crippen molar-refractivity contribution >= 4 is 23.2 Å². The number of aryl methyl sites for hydroxylation is 1. The molecule has 1 aromatic heterocycles. The zero-order valence-corrected chi connectivity index (χ0v) is 11.6. The largest absolute Gasteiger partial charge is 0.437 e. The minimum atomic E-state index is 0.0163. The van der Waals surface area contributed by atoms with Gasteiger partial charge in [0.1, 0.15) is 16.8 Å². The van der Waals surface area contributed by atoms with Crippen LogP contribution in [0.4, 0.5) is 5.69 Å². The van der Waals surface area contributed by atoms with Crippen LogP contribution in [-0.4, -0.2) is 10.9 Å². The first kappa shape index (κ1) is 13.4. The van der Waals surface area contributed by atoms with E-state index < -0.39 is 0 Å². The van der Waals surface area contributed by atoms with Crippen LogP contribution in [0, 0.1) is 11.3 Å². The molecular formula is C15H10ClN3O2. The first-order valence-electron chi connectivity index (χ1n) is 6.32. The summed E-state index contributed by atoms with van der Waals surface area (Å²) in [7, 11) is 0. The van der Waals surface area contributed by atoms with Gasteiger partial charge in [-0.2, -0.15) is 5.26 Å². The van der Waals surface area contributed by atoms with Gasteiger partial charge in [-0.25, -0.2) is 4.98 Å². The van der Waals surface area contributed by atoms with Crippen molar-refractivity contribution in [3.63, 3.8) is 0 Å². The van der Waals surface area contributed by atoms with Crippen molar-refractivity contribution in [2.45, 2.75) is 12.8 Å². The van der Waals surface area contributed by atoms with Crippen LogP contribution in [0.5, 0.6) is 11.6 Å². The molecule has 0 radical (unpaired) electrons. The molecular weight excluding hydrogens is 290 g/mol. The van der Waals surface area contributed by atoms with E-state index in [4.69, 9.17) is 21.6 Å². The van der Waals surface area contributed by atoms with Crippen molar-refractivity contribution in [3.8, 4) is 17.7 Å². The fourth-order valence-electron chi connectivity index (χ4n) is 2.12. The molecule has 2 heterocycles. The lowest BCUT2D eigenvalue weighted by atomic mass is 10.0. The second-order valence-electron chi connectivity index (χ2n) is 4.56. The van der Waals surface area contributed by atoms with E-state index in [0.29, 0.717) is 24.2 Å². The molecule has 6 heteroatoms. The highest BCUT2D eigenvalue weighted by Gasteiger charge is 2.16. The van der Waals surface area contributed by atoms with Crippen LogP contribution in [0.3, 0.4) is 0 Å². The van der Waals surface area contributed by atoms with Gasteiger partial charge in [0.15, 0.2) is 0 Å². The number of nitriles is 1. The highest BCUT2D eigenvalue weighted by molar-refractivity contribution is 6.33. The topological polar surface area (TPSA) is 75.0 Å². The van der Waals surface area contributed by atoms with Crippen LogP contribution < -0.4 is 10.1 Å². The van der Waals surface area contributed by atoms with E-state index in [0.717, 1.165) is 11.3 Å². The maximum absolute atomic E-state index is 11.3. The van der Waals surface area contributed by atoms with Gasteiger partial charge >= 0.3 is 0 Å². The van der Waals surface area contributed by atoms with E-state index >= 15 is 0 Å². The van der Waals surface area contributed by atoms with E-state index in [9.17, 15) is 4.79 Å². The van der Waals surface area contributed by atoms with E-state index in [1.54, 1.807) is 12.1 Å². The molecule has 1 aliphatic heterocycles. The lowest BCUT2D eigenvalue weighted by Gasteiger charge is -2.17. The van der Waals surface area contributed by atoms with Crippen LogP contribution in [-0.2, 0) is 11.2 Å². The molecule has 1 aromatic carbocycles. The summed E-state index contributed by atoms with van der Waals surface area (Å²) in [4.78, 5) is 15.3. The summed E-state index contributed by atoms with van der Waals surface area (Å²) < 4.78 is 5.64. The molecule has 0 unspecified atom stereocenters. The molecule has 1 aliphatic rings. The fraction of sp³-hybridized carbons (Fsp3) is 0.133. The van der Waals surface area contributed by atoms with Gasteiger partial charge in [-0.15, -0.1) is 0 Å². The number of aromatic nitrogens is 1. The van der Waals surface area contributed by atoms with Crippen LogP contribution in [0.15, 0.2) is 30.5 Å². The Morgan fingerprint density at radius 3 is 3.00 bits per heavy atom. The Morgan fingerprint density at radius 1 is 1.33 bits per heavy atom. The number of anilines is 1. The third kappa shape index (κ3) is 2.67. The molecule has 3 rings (SSSR count). The molecule has 2 aromatic rings. The molecule has 104 valence electrons. The smallest absolute Gasteiger partial charge is 0.239 e. The molecule has 0 aliphatic carbocycles. The number of ether oxygens (including phenoxy) is 1. The molecule has 0 fully saturated rings. The van der Waals surface area contributed by atoms with Crippen molar-refractivity contribution in [1.29, 1.82) is 5.26 Å². The Bertz CT molecular complexity index is 768. The number of hydrogen-bond acceptors (Lipinski definition) is 4. The average molecular weight is 300 g/mol. The molecule has 0 saturated heterocycles. The summed E-state index contributed by atoms with van der Waals surface area (Å²) in [6, 6.07) is 8.85. The number of carbonyl (C=O) groups is 1. The minimum Gasteiger partial charge on any atom is -0.437 e. The monoisotopic (exact) mass is 299 g/mol. The molecule has 1 N–H and O–H groups in total. The van der Waals surface area contributed by atoms with Crippen LogP contribution in [0.2, 0.25) is 5.02 Å². The Labute approximate surface area is 126 Å². The number of amides is 1. The quantitative estimate of drug-likeness (QED) is 0.923. The maximum atomic E-state index is 11.3. The van der Waals surface area contributed by atoms with Gasteiger partial charge in [-0.1, -0.05) is 11.6 Å². The van der Waals surface area contributed by atoms with Gasteiger partial charge in [-0.3, -0.25) is 4.79 Å². The summed E-state index contributed by atoms with van der Waals surface area (Å²) in [5.74, 6) is 0.771. The van der Waals surface area contributed by atoms with Gasteiger partial charge < -0.3 is 10.1 Å². The Balaban J connectivity index is 1.90. The number of carbonyl (C=O) groups excluding carboxylic acids is 1. The molecule has 0 atom stereocenters. The number of hydrogen-bond donors (Lipinski definition) is 1. The Morgan fingerprint density at radius 2 is 2.19 bits per heavy atom. The standard InChI is InChI=1S/C15H10ClN3O2/c16-14-10(8-17)5-6-18-15(14)21-11-2-3-12-9(7-11)1-4-13(20)19-12/h2-3,5-7H,1,4H2,(H,19,20). The number of pyridine rings is 1. The zero-order chi connectivity index (χ0) is 14.8. The van der Waals surface area contributed by atoms with E-state index in [2.05, 4.69) is 10.3 Å². The van der Waals surface area contributed by atoms with Crippen LogP contribution >= 0.6 is 11.6 Å². The summed E-state index contributed by atoms with van der Waals surface area (Å²) >= 11 is 6.05. The normalized spacial score (nSPS) is 13.0. The van der Waals surface area contributed by atoms with Gasteiger partial charge in [0, 0.05) is 18.3 Å². The Kier molecular flexibility index (Phi) is 3.46. The highest BCUT2D eigenvalue weighted by Crippen LogP contribution is 2.32. The number of nitrogens with one attached hydrogen (secondary N) is 1. The third-order valence-corrected chi connectivity index (χ3v) is 3.53. The maximum Gasteiger partial charge on any atom is 0.239 e. The van der Waals surface area contributed by atoms with Crippen molar-refractivity contribution in [3.05, 3.63) is 46.6 Å². The van der Waals surface area contributed by atoms with Gasteiger partial charge in [-0.05, 0) is 36.2 Å². The number of benzene rings is 1. The first-order chi connectivity index (χ1) is 10.2. The first-order valence-corrected chi connectivity index (χ1v) is 6.70. The Hall–Kier alpha value is -2.58. The molecule has 0 spiro atoms. The predicted octanol–water partition coefficient (Wildman–Crippen LogP) is 3.28. The number of nitrogens with zero attached hydrogens (tertiary/aromatic N) is 2. The lowest BCUT2D eigenvalue weighted by molar-refractivity contribution is -0.116. The fourth-order valence-corrected chi connectivity index (χ4v) is 2.31. The predicted molar refractivity (Wildman–Crippen MR) is 77.4 cm³/mol.